The fraction of sp³-hybridized carbons (Fsp3) is 0.294. The maximum absolute atomic E-state index is 12.1. The summed E-state index contributed by atoms with van der Waals surface area (Å²) in [7, 11) is 1.25. The Bertz CT molecular complexity index is 781. The molecule has 1 aromatic carbocycles. The topological polar surface area (TPSA) is 77.8 Å². The molecule has 1 heterocycles. The average molecular weight is 371 g/mol. The highest BCUT2D eigenvalue weighted by atomic mass is 19.4. The second kappa shape index (κ2) is 7.94. The van der Waals surface area contributed by atoms with E-state index in [0.717, 1.165) is 0 Å². The number of halogens is 3. The van der Waals surface area contributed by atoms with Crippen molar-refractivity contribution in [1.82, 2.24) is 5.32 Å². The van der Waals surface area contributed by atoms with Crippen molar-refractivity contribution in [3.8, 4) is 5.75 Å². The van der Waals surface area contributed by atoms with Crippen LogP contribution in [0.1, 0.15) is 32.2 Å². The SMILES string of the molecule is COC(=O)c1cc(CNC(=O)c2ccc(OCC(F)(F)F)cc2)oc1C. The summed E-state index contributed by atoms with van der Waals surface area (Å²) in [6, 6.07) is 6.69. The zero-order valence-corrected chi connectivity index (χ0v) is 14.0. The molecule has 0 aliphatic heterocycles. The number of hydrogen-bond acceptors (Lipinski definition) is 5. The summed E-state index contributed by atoms with van der Waals surface area (Å²) in [5.41, 5.74) is 0.503. The average Bonchev–Trinajstić information content (AvgIpc) is 2.97. The molecule has 26 heavy (non-hydrogen) atoms. The lowest BCUT2D eigenvalue weighted by Crippen LogP contribution is -2.22. The van der Waals surface area contributed by atoms with Crippen molar-refractivity contribution in [1.29, 1.82) is 0 Å². The van der Waals surface area contributed by atoms with Crippen LogP contribution in [0.3, 0.4) is 0 Å². The summed E-state index contributed by atoms with van der Waals surface area (Å²) in [6.07, 6.45) is -4.43. The zero-order valence-electron chi connectivity index (χ0n) is 14.0. The number of esters is 1. The van der Waals surface area contributed by atoms with Crippen LogP contribution in [0, 0.1) is 6.92 Å². The minimum atomic E-state index is -4.43. The molecule has 2 rings (SSSR count). The van der Waals surface area contributed by atoms with Crippen LogP contribution < -0.4 is 10.1 Å². The van der Waals surface area contributed by atoms with Gasteiger partial charge in [0.05, 0.1) is 13.7 Å². The van der Waals surface area contributed by atoms with Crippen LogP contribution in [0.15, 0.2) is 34.7 Å². The minimum Gasteiger partial charge on any atom is -0.484 e. The summed E-state index contributed by atoms with van der Waals surface area (Å²) in [6.45, 7) is 0.221. The van der Waals surface area contributed by atoms with Crippen LogP contribution in [0.2, 0.25) is 0 Å². The maximum Gasteiger partial charge on any atom is 0.422 e. The van der Waals surface area contributed by atoms with E-state index in [9.17, 15) is 22.8 Å². The second-order valence-electron chi connectivity index (χ2n) is 5.29. The van der Waals surface area contributed by atoms with E-state index < -0.39 is 24.7 Å². The van der Waals surface area contributed by atoms with Crippen LogP contribution in [-0.4, -0.2) is 31.8 Å². The number of aryl methyl sites for hydroxylation is 1. The molecule has 0 radical (unpaired) electrons. The predicted molar refractivity (Wildman–Crippen MR) is 83.9 cm³/mol. The summed E-state index contributed by atoms with van der Waals surface area (Å²) < 4.78 is 50.8. The standard InChI is InChI=1S/C17H16F3NO5/c1-10-14(16(23)24-2)7-13(26-10)8-21-15(22)11-3-5-12(6-4-11)25-9-17(18,19)20/h3-7H,8-9H2,1-2H3,(H,21,22). The molecule has 0 saturated heterocycles. The summed E-state index contributed by atoms with van der Waals surface area (Å²) in [5.74, 6) is -0.267. The van der Waals surface area contributed by atoms with Crippen LogP contribution in [0.4, 0.5) is 13.2 Å². The Morgan fingerprint density at radius 1 is 1.19 bits per heavy atom. The van der Waals surface area contributed by atoms with Crippen LogP contribution in [0.5, 0.6) is 5.75 Å². The molecule has 0 atom stereocenters. The second-order valence-corrected chi connectivity index (χ2v) is 5.29. The summed E-state index contributed by atoms with van der Waals surface area (Å²) >= 11 is 0. The molecular formula is C17H16F3NO5. The van der Waals surface area contributed by atoms with Gasteiger partial charge in [0.2, 0.25) is 0 Å². The molecule has 0 unspecified atom stereocenters. The van der Waals surface area contributed by atoms with E-state index in [1.54, 1.807) is 6.92 Å². The fourth-order valence-corrected chi connectivity index (χ4v) is 2.08. The first kappa shape index (κ1) is 19.4. The number of methoxy groups -OCH3 is 1. The van der Waals surface area contributed by atoms with Crippen LogP contribution in [0.25, 0.3) is 0 Å². The van der Waals surface area contributed by atoms with Gasteiger partial charge in [-0.1, -0.05) is 0 Å². The lowest BCUT2D eigenvalue weighted by molar-refractivity contribution is -0.153. The third-order valence-corrected chi connectivity index (χ3v) is 3.32. The minimum absolute atomic E-state index is 0.00301. The Balaban J connectivity index is 1.93. The van der Waals surface area contributed by atoms with Gasteiger partial charge in [0.15, 0.2) is 6.61 Å². The normalized spacial score (nSPS) is 11.1. The molecule has 0 aliphatic carbocycles. The van der Waals surface area contributed by atoms with Crippen LogP contribution >= 0.6 is 0 Å². The quantitative estimate of drug-likeness (QED) is 0.789. The highest BCUT2D eigenvalue weighted by Crippen LogP contribution is 2.19. The maximum atomic E-state index is 12.1. The molecule has 1 N–H and O–H groups in total. The van der Waals surface area contributed by atoms with E-state index in [4.69, 9.17) is 4.42 Å². The van der Waals surface area contributed by atoms with Crippen molar-refractivity contribution in [2.45, 2.75) is 19.6 Å². The van der Waals surface area contributed by atoms with Gasteiger partial charge < -0.3 is 19.2 Å². The van der Waals surface area contributed by atoms with Gasteiger partial charge in [-0.15, -0.1) is 0 Å². The Hall–Kier alpha value is -2.97. The number of rotatable bonds is 6. The molecule has 0 bridgehead atoms. The number of alkyl halides is 3. The van der Waals surface area contributed by atoms with Gasteiger partial charge in [-0.05, 0) is 37.3 Å². The van der Waals surface area contributed by atoms with Gasteiger partial charge in [-0.2, -0.15) is 13.2 Å². The first-order chi connectivity index (χ1) is 12.2. The molecule has 2 aromatic rings. The zero-order chi connectivity index (χ0) is 19.3. The summed E-state index contributed by atoms with van der Waals surface area (Å²) in [4.78, 5) is 23.6. The Labute approximate surface area is 146 Å². The molecule has 9 heteroatoms. The molecule has 0 aliphatic rings. The van der Waals surface area contributed by atoms with E-state index in [1.165, 1.54) is 37.4 Å². The monoisotopic (exact) mass is 371 g/mol. The van der Waals surface area contributed by atoms with Crippen molar-refractivity contribution in [2.24, 2.45) is 0 Å². The van der Waals surface area contributed by atoms with Crippen LogP contribution in [-0.2, 0) is 11.3 Å². The number of benzene rings is 1. The predicted octanol–water partition coefficient (Wildman–Crippen LogP) is 3.25. The number of nitrogens with one attached hydrogen (secondary N) is 1. The van der Waals surface area contributed by atoms with E-state index in [1.807, 2.05) is 0 Å². The highest BCUT2D eigenvalue weighted by molar-refractivity contribution is 5.94. The van der Waals surface area contributed by atoms with Crippen molar-refractivity contribution in [2.75, 3.05) is 13.7 Å². The van der Waals surface area contributed by atoms with Crippen molar-refractivity contribution in [3.05, 3.63) is 53.0 Å². The van der Waals surface area contributed by atoms with Crippen molar-refractivity contribution >= 4 is 11.9 Å². The Morgan fingerprint density at radius 3 is 2.42 bits per heavy atom. The first-order valence-electron chi connectivity index (χ1n) is 7.45. The Morgan fingerprint density at radius 2 is 1.85 bits per heavy atom. The lowest BCUT2D eigenvalue weighted by Gasteiger charge is -2.09. The van der Waals surface area contributed by atoms with Gasteiger partial charge in [0.1, 0.15) is 22.8 Å². The van der Waals surface area contributed by atoms with Gasteiger partial charge in [-0.3, -0.25) is 4.79 Å². The van der Waals surface area contributed by atoms with Gasteiger partial charge in [0, 0.05) is 5.56 Å². The molecular weight excluding hydrogens is 355 g/mol. The fourth-order valence-electron chi connectivity index (χ4n) is 2.08. The van der Waals surface area contributed by atoms with E-state index in [0.29, 0.717) is 11.5 Å². The molecule has 1 aromatic heterocycles. The van der Waals surface area contributed by atoms with Crippen molar-refractivity contribution in [3.63, 3.8) is 0 Å². The number of carbonyl (C=O) groups is 2. The highest BCUT2D eigenvalue weighted by Gasteiger charge is 2.28. The Kier molecular flexibility index (Phi) is 5.91. The van der Waals surface area contributed by atoms with Gasteiger partial charge in [-0.25, -0.2) is 4.79 Å². The molecule has 0 spiro atoms. The van der Waals surface area contributed by atoms with Gasteiger partial charge in [0.25, 0.3) is 5.91 Å². The molecule has 0 saturated carbocycles. The van der Waals surface area contributed by atoms with E-state index in [-0.39, 0.29) is 23.4 Å². The number of furan rings is 1. The van der Waals surface area contributed by atoms with Crippen molar-refractivity contribution < 1.29 is 36.7 Å². The van der Waals surface area contributed by atoms with E-state index in [2.05, 4.69) is 14.8 Å². The smallest absolute Gasteiger partial charge is 0.422 e. The summed E-state index contributed by atoms with van der Waals surface area (Å²) in [5, 5.41) is 2.58. The van der Waals surface area contributed by atoms with Gasteiger partial charge >= 0.3 is 12.1 Å². The third-order valence-electron chi connectivity index (χ3n) is 3.32. The number of carbonyl (C=O) groups excluding carboxylic acids is 2. The number of ether oxygens (including phenoxy) is 2. The van der Waals surface area contributed by atoms with E-state index >= 15 is 0 Å². The molecule has 1 amide bonds. The molecule has 140 valence electrons. The number of hydrogen-bond donors (Lipinski definition) is 1. The largest absolute Gasteiger partial charge is 0.484 e. The number of amides is 1. The third kappa shape index (κ3) is 5.27. The molecule has 0 fully saturated rings. The first-order valence-corrected chi connectivity index (χ1v) is 7.45. The molecule has 6 nitrogen and oxygen atoms in total. The lowest BCUT2D eigenvalue weighted by atomic mass is 10.2.